The zero-order valence-electron chi connectivity index (χ0n) is 10.8. The summed E-state index contributed by atoms with van der Waals surface area (Å²) in [4.78, 5) is 2.30. The summed E-state index contributed by atoms with van der Waals surface area (Å²) < 4.78 is 28.7. The first-order chi connectivity index (χ1) is 8.06. The minimum Gasteiger partial charge on any atom is -0.374 e. The molecule has 1 heterocycles. The summed E-state index contributed by atoms with van der Waals surface area (Å²) in [6, 6.07) is 0. The second kappa shape index (κ2) is 7.24. The predicted molar refractivity (Wildman–Crippen MR) is 64.6 cm³/mol. The number of halogens is 2. The summed E-state index contributed by atoms with van der Waals surface area (Å²) in [5.41, 5.74) is 0.138. The third-order valence-electron chi connectivity index (χ3n) is 3.35. The molecule has 0 aromatic rings. The molecule has 0 radical (unpaired) electrons. The molecule has 0 saturated carbocycles. The summed E-state index contributed by atoms with van der Waals surface area (Å²) in [5.74, 6) is 0. The molecule has 0 aliphatic carbocycles. The standard InChI is InChI=1S/C12H24F2N2O/c1-3-12(2)10-16(6-4-5-15-12)7-8-17-9-11(13)14/h11,15H,3-10H2,1-2H3. The van der Waals surface area contributed by atoms with Gasteiger partial charge >= 0.3 is 0 Å². The van der Waals surface area contributed by atoms with Gasteiger partial charge in [0.15, 0.2) is 0 Å². The van der Waals surface area contributed by atoms with Gasteiger partial charge in [0.2, 0.25) is 0 Å². The average molecular weight is 250 g/mol. The molecule has 17 heavy (non-hydrogen) atoms. The van der Waals surface area contributed by atoms with Crippen LogP contribution in [0.4, 0.5) is 8.78 Å². The monoisotopic (exact) mass is 250 g/mol. The second-order valence-corrected chi connectivity index (χ2v) is 4.94. The Morgan fingerprint density at radius 3 is 2.88 bits per heavy atom. The maximum Gasteiger partial charge on any atom is 0.261 e. The van der Waals surface area contributed by atoms with Crippen molar-refractivity contribution >= 4 is 0 Å². The molecule has 0 aromatic heterocycles. The van der Waals surface area contributed by atoms with Crippen LogP contribution in [0.25, 0.3) is 0 Å². The molecule has 0 bridgehead atoms. The Hall–Kier alpha value is -0.260. The van der Waals surface area contributed by atoms with Gasteiger partial charge in [0, 0.05) is 18.6 Å². The summed E-state index contributed by atoms with van der Waals surface area (Å²) in [6.07, 6.45) is -0.187. The molecule has 1 aliphatic rings. The number of hydrogen-bond acceptors (Lipinski definition) is 3. The van der Waals surface area contributed by atoms with Crippen LogP contribution in [0.1, 0.15) is 26.7 Å². The number of rotatable bonds is 6. The third-order valence-corrected chi connectivity index (χ3v) is 3.35. The van der Waals surface area contributed by atoms with Crippen molar-refractivity contribution in [3.8, 4) is 0 Å². The highest BCUT2D eigenvalue weighted by Gasteiger charge is 2.26. The highest BCUT2D eigenvalue weighted by molar-refractivity contribution is 4.87. The van der Waals surface area contributed by atoms with E-state index in [0.29, 0.717) is 6.61 Å². The lowest BCUT2D eigenvalue weighted by atomic mass is 9.99. The Kier molecular flexibility index (Phi) is 6.30. The van der Waals surface area contributed by atoms with E-state index in [1.165, 1.54) is 0 Å². The number of ether oxygens (including phenoxy) is 1. The molecule has 5 heteroatoms. The molecule has 102 valence electrons. The van der Waals surface area contributed by atoms with Crippen LogP contribution in [0.5, 0.6) is 0 Å². The Morgan fingerprint density at radius 2 is 2.24 bits per heavy atom. The molecule has 1 atom stereocenters. The molecule has 1 fully saturated rings. The zero-order chi connectivity index (χ0) is 12.7. The van der Waals surface area contributed by atoms with Gasteiger partial charge in [-0.05, 0) is 32.9 Å². The molecular weight excluding hydrogens is 226 g/mol. The van der Waals surface area contributed by atoms with E-state index < -0.39 is 13.0 Å². The number of hydrogen-bond donors (Lipinski definition) is 1. The largest absolute Gasteiger partial charge is 0.374 e. The second-order valence-electron chi connectivity index (χ2n) is 4.94. The first-order valence-corrected chi connectivity index (χ1v) is 6.39. The van der Waals surface area contributed by atoms with Gasteiger partial charge in [0.25, 0.3) is 6.43 Å². The fourth-order valence-corrected chi connectivity index (χ4v) is 2.12. The van der Waals surface area contributed by atoms with Gasteiger partial charge in [-0.3, -0.25) is 4.90 Å². The lowest BCUT2D eigenvalue weighted by Crippen LogP contribution is -2.49. The number of alkyl halides is 2. The number of nitrogens with one attached hydrogen (secondary N) is 1. The average Bonchev–Trinajstić information content (AvgIpc) is 2.47. The van der Waals surface area contributed by atoms with Crippen molar-refractivity contribution in [1.29, 1.82) is 0 Å². The van der Waals surface area contributed by atoms with Crippen LogP contribution in [0.15, 0.2) is 0 Å². The van der Waals surface area contributed by atoms with Crippen molar-refractivity contribution < 1.29 is 13.5 Å². The van der Waals surface area contributed by atoms with Crippen molar-refractivity contribution in [3.63, 3.8) is 0 Å². The van der Waals surface area contributed by atoms with E-state index in [9.17, 15) is 8.78 Å². The van der Waals surface area contributed by atoms with Crippen LogP contribution in [0.3, 0.4) is 0 Å². The lowest BCUT2D eigenvalue weighted by molar-refractivity contribution is 0.00858. The summed E-state index contributed by atoms with van der Waals surface area (Å²) in [7, 11) is 0. The van der Waals surface area contributed by atoms with Gasteiger partial charge in [-0.25, -0.2) is 8.78 Å². The molecule has 1 saturated heterocycles. The van der Waals surface area contributed by atoms with Gasteiger partial charge in [0.1, 0.15) is 6.61 Å². The lowest BCUT2D eigenvalue weighted by Gasteiger charge is -2.32. The number of nitrogens with zero attached hydrogens (tertiary/aromatic N) is 1. The van der Waals surface area contributed by atoms with Crippen LogP contribution in [-0.4, -0.2) is 56.3 Å². The maximum absolute atomic E-state index is 11.9. The smallest absolute Gasteiger partial charge is 0.261 e. The molecule has 3 nitrogen and oxygen atoms in total. The van der Waals surface area contributed by atoms with E-state index in [1.54, 1.807) is 0 Å². The van der Waals surface area contributed by atoms with Crippen molar-refractivity contribution in [2.75, 3.05) is 39.4 Å². The minimum atomic E-state index is -2.36. The molecular formula is C12H24F2N2O. The Bertz CT molecular complexity index is 217. The molecule has 1 N–H and O–H groups in total. The summed E-state index contributed by atoms with van der Waals surface area (Å²) in [5, 5.41) is 3.54. The molecule has 1 aliphatic heterocycles. The van der Waals surface area contributed by atoms with Crippen LogP contribution >= 0.6 is 0 Å². The van der Waals surface area contributed by atoms with Crippen molar-refractivity contribution in [2.45, 2.75) is 38.7 Å². The predicted octanol–water partition coefficient (Wildman–Crippen LogP) is 1.73. The Morgan fingerprint density at radius 1 is 1.47 bits per heavy atom. The zero-order valence-corrected chi connectivity index (χ0v) is 10.8. The van der Waals surface area contributed by atoms with Crippen molar-refractivity contribution in [2.24, 2.45) is 0 Å². The molecule has 0 spiro atoms. The van der Waals surface area contributed by atoms with Crippen LogP contribution < -0.4 is 5.32 Å². The van der Waals surface area contributed by atoms with Crippen LogP contribution in [0.2, 0.25) is 0 Å². The van der Waals surface area contributed by atoms with Gasteiger partial charge < -0.3 is 10.1 Å². The maximum atomic E-state index is 11.9. The van der Waals surface area contributed by atoms with Gasteiger partial charge in [-0.2, -0.15) is 0 Å². The normalized spacial score (nSPS) is 27.4. The van der Waals surface area contributed by atoms with Crippen molar-refractivity contribution in [1.82, 2.24) is 10.2 Å². The highest BCUT2D eigenvalue weighted by atomic mass is 19.3. The fourth-order valence-electron chi connectivity index (χ4n) is 2.12. The summed E-state index contributed by atoms with van der Waals surface area (Å²) in [6.45, 7) is 8.07. The van der Waals surface area contributed by atoms with E-state index in [1.807, 2.05) is 0 Å². The van der Waals surface area contributed by atoms with Gasteiger partial charge in [-0.15, -0.1) is 0 Å². The minimum absolute atomic E-state index is 0.138. The SMILES string of the molecule is CCC1(C)CN(CCOCC(F)F)CCCN1. The quantitative estimate of drug-likeness (QED) is 0.727. The van der Waals surface area contributed by atoms with Gasteiger partial charge in [0.05, 0.1) is 6.61 Å². The van der Waals surface area contributed by atoms with E-state index in [-0.39, 0.29) is 5.54 Å². The highest BCUT2D eigenvalue weighted by Crippen LogP contribution is 2.14. The fraction of sp³-hybridized carbons (Fsp3) is 1.00. The summed E-state index contributed by atoms with van der Waals surface area (Å²) >= 11 is 0. The first-order valence-electron chi connectivity index (χ1n) is 6.39. The topological polar surface area (TPSA) is 24.5 Å². The van der Waals surface area contributed by atoms with E-state index in [0.717, 1.165) is 39.0 Å². The molecule has 0 aromatic carbocycles. The van der Waals surface area contributed by atoms with E-state index in [4.69, 9.17) is 4.74 Å². The van der Waals surface area contributed by atoms with Crippen LogP contribution in [0, 0.1) is 0 Å². The Labute approximate surface area is 103 Å². The van der Waals surface area contributed by atoms with E-state index >= 15 is 0 Å². The molecule has 1 unspecified atom stereocenters. The van der Waals surface area contributed by atoms with Gasteiger partial charge in [-0.1, -0.05) is 6.92 Å². The first kappa shape index (κ1) is 14.8. The Balaban J connectivity index is 2.26. The molecule has 1 rings (SSSR count). The van der Waals surface area contributed by atoms with Crippen molar-refractivity contribution in [3.05, 3.63) is 0 Å². The van der Waals surface area contributed by atoms with E-state index in [2.05, 4.69) is 24.1 Å². The third kappa shape index (κ3) is 5.75. The van der Waals surface area contributed by atoms with Crippen LogP contribution in [-0.2, 0) is 4.74 Å². The molecule has 0 amide bonds.